The second-order valence-corrected chi connectivity index (χ2v) is 3.68. The number of carbonyl (C=O) groups is 1. The van der Waals surface area contributed by atoms with Crippen LogP contribution in [0.25, 0.3) is 0 Å². The van der Waals surface area contributed by atoms with Gasteiger partial charge in [-0.05, 0) is 31.9 Å². The van der Waals surface area contributed by atoms with Crippen LogP contribution in [0.15, 0.2) is 18.3 Å². The number of amides is 1. The number of nitrogens with one attached hydrogen (secondary N) is 2. The average Bonchev–Trinajstić information content (AvgIpc) is 3.03. The van der Waals surface area contributed by atoms with E-state index < -0.39 is 0 Å². The molecule has 0 radical (unpaired) electrons. The Balaban J connectivity index is 2.13. The summed E-state index contributed by atoms with van der Waals surface area (Å²) in [5.74, 6) is 0.639. The van der Waals surface area contributed by atoms with Gasteiger partial charge in [-0.3, -0.25) is 4.79 Å². The molecule has 2 rings (SSSR count). The minimum absolute atomic E-state index is 0.0263. The number of hydrogen-bond donors (Lipinski definition) is 2. The minimum atomic E-state index is -0.0263. The fourth-order valence-corrected chi connectivity index (χ4v) is 1.39. The molecule has 4 heteroatoms. The Hall–Kier alpha value is -1.58. The summed E-state index contributed by atoms with van der Waals surface area (Å²) in [4.78, 5) is 15.9. The second-order valence-electron chi connectivity index (χ2n) is 3.68. The Labute approximate surface area is 89.1 Å². The molecule has 1 aliphatic rings. The Morgan fingerprint density at radius 2 is 2.40 bits per heavy atom. The van der Waals surface area contributed by atoms with E-state index >= 15 is 0 Å². The lowest BCUT2D eigenvalue weighted by Gasteiger charge is -2.08. The molecule has 15 heavy (non-hydrogen) atoms. The van der Waals surface area contributed by atoms with Gasteiger partial charge in [-0.25, -0.2) is 4.98 Å². The lowest BCUT2D eigenvalue weighted by atomic mass is 10.2. The van der Waals surface area contributed by atoms with Gasteiger partial charge in [-0.2, -0.15) is 0 Å². The zero-order valence-electron chi connectivity index (χ0n) is 8.79. The Morgan fingerprint density at radius 3 is 3.07 bits per heavy atom. The molecule has 1 amide bonds. The molecule has 0 unspecified atom stereocenters. The number of pyridine rings is 1. The van der Waals surface area contributed by atoms with Crippen LogP contribution in [-0.2, 0) is 0 Å². The third kappa shape index (κ3) is 2.46. The highest BCUT2D eigenvalue weighted by Gasteiger charge is 2.24. The Morgan fingerprint density at radius 1 is 1.60 bits per heavy atom. The molecule has 1 aliphatic carbocycles. The Kier molecular flexibility index (Phi) is 2.85. The fourth-order valence-electron chi connectivity index (χ4n) is 1.39. The summed E-state index contributed by atoms with van der Waals surface area (Å²) in [6, 6.07) is 3.96. The van der Waals surface area contributed by atoms with Crippen molar-refractivity contribution in [2.24, 2.45) is 0 Å². The molecule has 0 saturated heterocycles. The van der Waals surface area contributed by atoms with Crippen molar-refractivity contribution < 1.29 is 4.79 Å². The van der Waals surface area contributed by atoms with Crippen LogP contribution in [0.5, 0.6) is 0 Å². The lowest BCUT2D eigenvalue weighted by Crippen LogP contribution is -2.26. The van der Waals surface area contributed by atoms with E-state index in [9.17, 15) is 4.79 Å². The highest BCUT2D eigenvalue weighted by Crippen LogP contribution is 2.20. The largest absolute Gasteiger partial charge is 0.370 e. The van der Waals surface area contributed by atoms with E-state index in [2.05, 4.69) is 15.6 Å². The molecule has 1 aromatic rings. The number of aromatic nitrogens is 1. The maximum atomic E-state index is 11.8. The molecule has 2 N–H and O–H groups in total. The third-order valence-electron chi connectivity index (χ3n) is 2.31. The molecule has 4 nitrogen and oxygen atoms in total. The first kappa shape index (κ1) is 9.96. The van der Waals surface area contributed by atoms with Crippen LogP contribution in [0.1, 0.15) is 30.1 Å². The topological polar surface area (TPSA) is 54.0 Å². The van der Waals surface area contributed by atoms with Gasteiger partial charge in [0.15, 0.2) is 0 Å². The van der Waals surface area contributed by atoms with Crippen LogP contribution in [0.4, 0.5) is 5.82 Å². The molecule has 1 saturated carbocycles. The van der Waals surface area contributed by atoms with Crippen molar-refractivity contribution in [3.05, 3.63) is 23.9 Å². The Bertz CT molecular complexity index is 361. The first-order chi connectivity index (χ1) is 7.31. The van der Waals surface area contributed by atoms with Gasteiger partial charge in [0.25, 0.3) is 5.91 Å². The molecule has 0 atom stereocenters. The molecule has 0 aromatic carbocycles. The van der Waals surface area contributed by atoms with Gasteiger partial charge in [-0.15, -0.1) is 0 Å². The zero-order chi connectivity index (χ0) is 10.7. The fraction of sp³-hybridized carbons (Fsp3) is 0.455. The van der Waals surface area contributed by atoms with Crippen molar-refractivity contribution >= 4 is 11.7 Å². The highest BCUT2D eigenvalue weighted by molar-refractivity contribution is 5.98. The van der Waals surface area contributed by atoms with E-state index in [4.69, 9.17) is 0 Å². The predicted octanol–water partition coefficient (Wildman–Crippen LogP) is 1.41. The number of rotatable bonds is 4. The quantitative estimate of drug-likeness (QED) is 0.781. The van der Waals surface area contributed by atoms with Crippen LogP contribution >= 0.6 is 0 Å². The average molecular weight is 205 g/mol. The van der Waals surface area contributed by atoms with Crippen molar-refractivity contribution in [2.75, 3.05) is 11.9 Å². The normalized spacial score (nSPS) is 14.7. The standard InChI is InChI=1S/C11H15N3O/c1-2-12-10-9(4-3-7-13-10)11(15)14-8-5-6-8/h3-4,7-8H,2,5-6H2,1H3,(H,12,13)(H,14,15). The van der Waals surface area contributed by atoms with Crippen LogP contribution in [0.3, 0.4) is 0 Å². The maximum absolute atomic E-state index is 11.8. The van der Waals surface area contributed by atoms with E-state index in [1.165, 1.54) is 0 Å². The number of nitrogens with zero attached hydrogens (tertiary/aromatic N) is 1. The lowest BCUT2D eigenvalue weighted by molar-refractivity contribution is 0.0951. The van der Waals surface area contributed by atoms with E-state index in [0.717, 1.165) is 19.4 Å². The molecule has 80 valence electrons. The van der Waals surface area contributed by atoms with Gasteiger partial charge in [-0.1, -0.05) is 0 Å². The van der Waals surface area contributed by atoms with Crippen molar-refractivity contribution in [3.8, 4) is 0 Å². The molecule has 0 spiro atoms. The van der Waals surface area contributed by atoms with Gasteiger partial charge in [0.1, 0.15) is 5.82 Å². The smallest absolute Gasteiger partial charge is 0.255 e. The molecule has 1 heterocycles. The van der Waals surface area contributed by atoms with Crippen molar-refractivity contribution in [3.63, 3.8) is 0 Å². The zero-order valence-corrected chi connectivity index (χ0v) is 8.79. The monoisotopic (exact) mass is 205 g/mol. The summed E-state index contributed by atoms with van der Waals surface area (Å²) in [6.07, 6.45) is 3.89. The van der Waals surface area contributed by atoms with Gasteiger partial charge in [0.05, 0.1) is 5.56 Å². The summed E-state index contributed by atoms with van der Waals surface area (Å²) >= 11 is 0. The van der Waals surface area contributed by atoms with Crippen molar-refractivity contribution in [2.45, 2.75) is 25.8 Å². The SMILES string of the molecule is CCNc1ncccc1C(=O)NC1CC1. The van der Waals surface area contributed by atoms with Crippen molar-refractivity contribution in [1.29, 1.82) is 0 Å². The first-order valence-corrected chi connectivity index (χ1v) is 5.31. The number of anilines is 1. The van der Waals surface area contributed by atoms with Crippen molar-refractivity contribution in [1.82, 2.24) is 10.3 Å². The summed E-state index contributed by atoms with van der Waals surface area (Å²) < 4.78 is 0. The molecule has 0 aliphatic heterocycles. The van der Waals surface area contributed by atoms with Gasteiger partial charge in [0, 0.05) is 18.8 Å². The molecule has 1 aromatic heterocycles. The van der Waals surface area contributed by atoms with E-state index in [1.54, 1.807) is 18.3 Å². The van der Waals surface area contributed by atoms with Crippen LogP contribution in [0.2, 0.25) is 0 Å². The molecule has 1 fully saturated rings. The second kappa shape index (κ2) is 4.29. The summed E-state index contributed by atoms with van der Waals surface area (Å²) in [5, 5.41) is 6.03. The van der Waals surface area contributed by atoms with Gasteiger partial charge in [0.2, 0.25) is 0 Å². The van der Waals surface area contributed by atoms with E-state index in [1.807, 2.05) is 6.92 Å². The molecular weight excluding hydrogens is 190 g/mol. The number of carbonyl (C=O) groups excluding carboxylic acids is 1. The summed E-state index contributed by atoms with van der Waals surface area (Å²) in [5.41, 5.74) is 0.631. The summed E-state index contributed by atoms with van der Waals surface area (Å²) in [6.45, 7) is 2.75. The first-order valence-electron chi connectivity index (χ1n) is 5.31. The minimum Gasteiger partial charge on any atom is -0.370 e. The highest BCUT2D eigenvalue weighted by atomic mass is 16.1. The van der Waals surface area contributed by atoms with Gasteiger partial charge >= 0.3 is 0 Å². The predicted molar refractivity (Wildman–Crippen MR) is 58.9 cm³/mol. The van der Waals surface area contributed by atoms with Crippen LogP contribution < -0.4 is 10.6 Å². The van der Waals surface area contributed by atoms with Gasteiger partial charge < -0.3 is 10.6 Å². The van der Waals surface area contributed by atoms with Crippen LogP contribution in [0, 0.1) is 0 Å². The van der Waals surface area contributed by atoms with E-state index in [-0.39, 0.29) is 5.91 Å². The van der Waals surface area contributed by atoms with Crippen LogP contribution in [-0.4, -0.2) is 23.5 Å². The molecular formula is C11H15N3O. The maximum Gasteiger partial charge on any atom is 0.255 e. The number of hydrogen-bond acceptors (Lipinski definition) is 3. The molecule has 0 bridgehead atoms. The third-order valence-corrected chi connectivity index (χ3v) is 2.31. The van der Waals surface area contributed by atoms with E-state index in [0.29, 0.717) is 17.4 Å². The summed E-state index contributed by atoms with van der Waals surface area (Å²) in [7, 11) is 0.